The Balaban J connectivity index is 1.25. The van der Waals surface area contributed by atoms with Gasteiger partial charge in [-0.1, -0.05) is 139 Å². The van der Waals surface area contributed by atoms with E-state index in [1.807, 2.05) is 0 Å². The number of aromatic nitrogens is 1. The van der Waals surface area contributed by atoms with Crippen molar-refractivity contribution < 1.29 is 0 Å². The van der Waals surface area contributed by atoms with Crippen LogP contribution >= 0.6 is 0 Å². The van der Waals surface area contributed by atoms with Crippen LogP contribution in [-0.4, -0.2) is 10.6 Å². The molecule has 0 N–H and O–H groups in total. The van der Waals surface area contributed by atoms with Crippen LogP contribution in [0, 0.1) is 0 Å². The molecular formula is C49H40N2. The molecule has 246 valence electrons. The average Bonchev–Trinajstić information content (AvgIpc) is 3.25. The first-order valence-electron chi connectivity index (χ1n) is 18.0. The Morgan fingerprint density at radius 1 is 0.608 bits per heavy atom. The van der Waals surface area contributed by atoms with E-state index in [9.17, 15) is 0 Å². The molecule has 0 saturated carbocycles. The number of nitrogens with zero attached hydrogens (tertiary/aromatic N) is 2. The van der Waals surface area contributed by atoms with E-state index in [2.05, 4.69) is 199 Å². The molecule has 0 bridgehead atoms. The van der Waals surface area contributed by atoms with Gasteiger partial charge in [-0.2, -0.15) is 0 Å². The lowest BCUT2D eigenvalue weighted by Gasteiger charge is -2.35. The molecule has 6 aromatic rings. The summed E-state index contributed by atoms with van der Waals surface area (Å²) in [6.45, 7) is 4.46. The summed E-state index contributed by atoms with van der Waals surface area (Å²) < 4.78 is 2.40. The summed E-state index contributed by atoms with van der Waals surface area (Å²) in [7, 11) is 0. The minimum absolute atomic E-state index is 0.0504. The molecule has 0 aliphatic heterocycles. The normalized spacial score (nSPS) is 17.3. The van der Waals surface area contributed by atoms with Crippen LogP contribution in [0.3, 0.4) is 0 Å². The Labute approximate surface area is 300 Å². The standard InChI is InChI=1S/C49H40N2/c1-34-15-13-19-37-33-48(45-32-35(2)16-14-24-43(45)49(44(37)31-34)36-17-5-3-6-18-36)50(38-20-7-4-8-21-38)39-27-29-40(30-28-39)51-46-25-11-9-22-41(46)42-23-10-12-26-47(42)51/h3-13,15-18,20-33,48H,14,19H2,1-2H3. The number of benzene rings is 5. The van der Waals surface area contributed by atoms with Crippen LogP contribution < -0.4 is 4.90 Å². The third kappa shape index (κ3) is 5.54. The zero-order chi connectivity index (χ0) is 34.3. The van der Waals surface area contributed by atoms with Crippen LogP contribution in [-0.2, 0) is 0 Å². The van der Waals surface area contributed by atoms with E-state index in [4.69, 9.17) is 0 Å². The van der Waals surface area contributed by atoms with Crippen LogP contribution in [0.5, 0.6) is 0 Å². The first-order chi connectivity index (χ1) is 25.1. The second kappa shape index (κ2) is 13.0. The van der Waals surface area contributed by atoms with Crippen LogP contribution in [0.2, 0.25) is 0 Å². The summed E-state index contributed by atoms with van der Waals surface area (Å²) in [6, 6.07) is 48.5. The fourth-order valence-electron chi connectivity index (χ4n) is 8.17. The second-order valence-corrected chi connectivity index (χ2v) is 13.8. The molecule has 3 aliphatic carbocycles. The number of allylic oxidation sites excluding steroid dienone is 11. The van der Waals surface area contributed by atoms with Gasteiger partial charge in [0, 0.05) is 27.8 Å². The van der Waals surface area contributed by atoms with Gasteiger partial charge in [0.25, 0.3) is 0 Å². The quantitative estimate of drug-likeness (QED) is 0.179. The van der Waals surface area contributed by atoms with Crippen molar-refractivity contribution >= 4 is 38.8 Å². The van der Waals surface area contributed by atoms with E-state index < -0.39 is 0 Å². The molecule has 0 saturated heterocycles. The predicted molar refractivity (Wildman–Crippen MR) is 217 cm³/mol. The van der Waals surface area contributed by atoms with Gasteiger partial charge < -0.3 is 9.47 Å². The number of para-hydroxylation sites is 3. The Bertz CT molecular complexity index is 2460. The maximum Gasteiger partial charge on any atom is 0.0787 e. The van der Waals surface area contributed by atoms with Crippen LogP contribution in [0.15, 0.2) is 209 Å². The van der Waals surface area contributed by atoms with Gasteiger partial charge in [0.2, 0.25) is 0 Å². The highest BCUT2D eigenvalue weighted by Crippen LogP contribution is 2.46. The van der Waals surface area contributed by atoms with E-state index in [-0.39, 0.29) is 6.04 Å². The Kier molecular flexibility index (Phi) is 7.86. The van der Waals surface area contributed by atoms with Crippen molar-refractivity contribution in [3.8, 4) is 5.69 Å². The molecule has 2 nitrogen and oxygen atoms in total. The molecule has 51 heavy (non-hydrogen) atoms. The highest BCUT2D eigenvalue weighted by atomic mass is 15.2. The summed E-state index contributed by atoms with van der Waals surface area (Å²) in [6.07, 6.45) is 18.6. The fourth-order valence-corrected chi connectivity index (χ4v) is 8.17. The van der Waals surface area contributed by atoms with E-state index in [0.29, 0.717) is 0 Å². The molecule has 9 rings (SSSR count). The molecule has 3 aliphatic rings. The zero-order valence-electron chi connectivity index (χ0n) is 29.1. The van der Waals surface area contributed by atoms with Crippen molar-refractivity contribution in [2.45, 2.75) is 32.7 Å². The average molecular weight is 657 g/mol. The molecule has 2 heteroatoms. The summed E-state index contributed by atoms with van der Waals surface area (Å²) in [5.41, 5.74) is 16.3. The zero-order valence-corrected chi connectivity index (χ0v) is 29.1. The molecule has 1 unspecified atom stereocenters. The van der Waals surface area contributed by atoms with Gasteiger partial charge in [0.1, 0.15) is 0 Å². The molecule has 0 fully saturated rings. The maximum atomic E-state index is 2.54. The lowest BCUT2D eigenvalue weighted by Crippen LogP contribution is -2.32. The minimum Gasteiger partial charge on any atom is -0.330 e. The highest BCUT2D eigenvalue weighted by molar-refractivity contribution is 6.09. The molecular weight excluding hydrogens is 617 g/mol. The smallest absolute Gasteiger partial charge is 0.0787 e. The van der Waals surface area contributed by atoms with Crippen LogP contribution in [0.4, 0.5) is 11.4 Å². The van der Waals surface area contributed by atoms with Crippen molar-refractivity contribution in [3.63, 3.8) is 0 Å². The van der Waals surface area contributed by atoms with Crippen molar-refractivity contribution in [2.75, 3.05) is 4.90 Å². The Morgan fingerprint density at radius 3 is 1.94 bits per heavy atom. The third-order valence-corrected chi connectivity index (χ3v) is 10.4. The van der Waals surface area contributed by atoms with Crippen molar-refractivity contribution in [2.24, 2.45) is 0 Å². The first kappa shape index (κ1) is 30.9. The second-order valence-electron chi connectivity index (χ2n) is 13.8. The van der Waals surface area contributed by atoms with E-state index in [1.165, 1.54) is 66.4 Å². The number of rotatable bonds is 5. The lowest BCUT2D eigenvalue weighted by molar-refractivity contribution is 0.892. The molecule has 5 aromatic carbocycles. The third-order valence-electron chi connectivity index (χ3n) is 10.4. The largest absolute Gasteiger partial charge is 0.330 e. The van der Waals surface area contributed by atoms with Crippen molar-refractivity contribution in [3.05, 3.63) is 215 Å². The molecule has 0 spiro atoms. The van der Waals surface area contributed by atoms with Gasteiger partial charge in [-0.25, -0.2) is 0 Å². The summed E-state index contributed by atoms with van der Waals surface area (Å²) in [5, 5.41) is 2.55. The maximum absolute atomic E-state index is 2.54. The van der Waals surface area contributed by atoms with Crippen LogP contribution in [0.25, 0.3) is 33.1 Å². The van der Waals surface area contributed by atoms with E-state index in [0.717, 1.165) is 29.9 Å². The fraction of sp³-hybridized carbons (Fsp3) is 0.102. The first-order valence-corrected chi connectivity index (χ1v) is 18.0. The van der Waals surface area contributed by atoms with E-state index >= 15 is 0 Å². The number of hydrogen-bond acceptors (Lipinski definition) is 1. The number of hydrogen-bond donors (Lipinski definition) is 0. The van der Waals surface area contributed by atoms with E-state index in [1.54, 1.807) is 0 Å². The van der Waals surface area contributed by atoms with Crippen LogP contribution in [0.1, 0.15) is 32.3 Å². The lowest BCUT2D eigenvalue weighted by atomic mass is 9.85. The summed E-state index contributed by atoms with van der Waals surface area (Å²) >= 11 is 0. The number of anilines is 2. The predicted octanol–water partition coefficient (Wildman–Crippen LogP) is 12.8. The molecule has 0 amide bonds. The van der Waals surface area contributed by atoms with Gasteiger partial charge in [-0.05, 0) is 109 Å². The summed E-state index contributed by atoms with van der Waals surface area (Å²) in [4.78, 5) is 2.54. The molecule has 0 radical (unpaired) electrons. The monoisotopic (exact) mass is 656 g/mol. The van der Waals surface area contributed by atoms with Gasteiger partial charge >= 0.3 is 0 Å². The van der Waals surface area contributed by atoms with Gasteiger partial charge in [-0.15, -0.1) is 0 Å². The van der Waals surface area contributed by atoms with Crippen molar-refractivity contribution in [1.82, 2.24) is 4.57 Å². The Morgan fingerprint density at radius 2 is 1.24 bits per heavy atom. The number of fused-ring (bicyclic) bond motifs is 5. The molecule has 1 heterocycles. The Hall–Kier alpha value is -6.12. The van der Waals surface area contributed by atoms with Gasteiger partial charge in [-0.3, -0.25) is 0 Å². The van der Waals surface area contributed by atoms with Gasteiger partial charge in [0.05, 0.1) is 17.1 Å². The molecule has 1 atom stereocenters. The molecule has 1 aromatic heterocycles. The minimum atomic E-state index is -0.0504. The highest BCUT2D eigenvalue weighted by Gasteiger charge is 2.32. The SMILES string of the molecule is CC1=CCC=C2C(=C1)C(N(c1ccccc1)c1ccc(-n3c4ccccc4c4ccccc43)cc1)C=C1CC=CC(C)=CC1=C2c1ccccc1. The van der Waals surface area contributed by atoms with Gasteiger partial charge in [0.15, 0.2) is 0 Å². The topological polar surface area (TPSA) is 8.17 Å². The summed E-state index contributed by atoms with van der Waals surface area (Å²) in [5.74, 6) is 0. The van der Waals surface area contributed by atoms with Crippen molar-refractivity contribution in [1.29, 1.82) is 0 Å².